The Morgan fingerprint density at radius 1 is 1.26 bits per heavy atom. The monoisotopic (exact) mass is 271 g/mol. The lowest BCUT2D eigenvalue weighted by atomic mass is 10.0. The summed E-state index contributed by atoms with van der Waals surface area (Å²) in [5.74, 6) is -0.349. The van der Waals surface area contributed by atoms with E-state index in [1.165, 1.54) is 11.6 Å². The van der Waals surface area contributed by atoms with Crippen LogP contribution in [0, 0.1) is 0 Å². The van der Waals surface area contributed by atoms with Crippen LogP contribution in [0.2, 0.25) is 0 Å². The van der Waals surface area contributed by atoms with Crippen molar-refractivity contribution < 1.29 is 18.0 Å². The van der Waals surface area contributed by atoms with Gasteiger partial charge in [-0.05, 0) is 23.1 Å². The van der Waals surface area contributed by atoms with Gasteiger partial charge in [0, 0.05) is 6.08 Å². The highest BCUT2D eigenvalue weighted by Gasteiger charge is 2.27. The summed E-state index contributed by atoms with van der Waals surface area (Å²) in [7, 11) is 0. The topological polar surface area (TPSA) is 29.1 Å². The van der Waals surface area contributed by atoms with E-state index in [0.29, 0.717) is 5.92 Å². The normalized spacial score (nSPS) is 12.1. The van der Waals surface area contributed by atoms with Gasteiger partial charge in [0.15, 0.2) is 0 Å². The second kappa shape index (κ2) is 6.41. The van der Waals surface area contributed by atoms with Crippen molar-refractivity contribution in [2.75, 3.05) is 6.54 Å². The van der Waals surface area contributed by atoms with Crippen LogP contribution in [0.3, 0.4) is 0 Å². The van der Waals surface area contributed by atoms with E-state index < -0.39 is 18.6 Å². The summed E-state index contributed by atoms with van der Waals surface area (Å²) < 4.78 is 35.6. The summed E-state index contributed by atoms with van der Waals surface area (Å²) in [6.07, 6.45) is -1.81. The Hall–Kier alpha value is -1.78. The van der Waals surface area contributed by atoms with Gasteiger partial charge in [0.25, 0.3) is 0 Å². The van der Waals surface area contributed by atoms with Gasteiger partial charge in [-0.2, -0.15) is 13.2 Å². The molecule has 0 aromatic heterocycles. The quantitative estimate of drug-likeness (QED) is 0.834. The molecule has 0 atom stereocenters. The van der Waals surface area contributed by atoms with Gasteiger partial charge in [-0.15, -0.1) is 0 Å². The highest BCUT2D eigenvalue weighted by molar-refractivity contribution is 5.91. The van der Waals surface area contributed by atoms with Crippen LogP contribution in [0.5, 0.6) is 0 Å². The number of nitrogens with one attached hydrogen (secondary N) is 1. The third-order valence-corrected chi connectivity index (χ3v) is 2.49. The van der Waals surface area contributed by atoms with E-state index >= 15 is 0 Å². The lowest BCUT2D eigenvalue weighted by molar-refractivity contribution is -0.135. The molecule has 0 aliphatic carbocycles. The molecule has 0 saturated carbocycles. The molecular formula is C14H16F3NO. The standard InChI is InChI=1S/C14H16F3NO/c1-10(2)12-6-3-11(4-7-12)5-8-13(19)18-9-14(15,16)17/h3-8,10H,9H2,1-2H3,(H,18,19). The van der Waals surface area contributed by atoms with Crippen LogP contribution in [0.25, 0.3) is 6.08 Å². The predicted molar refractivity (Wildman–Crippen MR) is 68.6 cm³/mol. The van der Waals surface area contributed by atoms with Gasteiger partial charge in [0.2, 0.25) is 5.91 Å². The van der Waals surface area contributed by atoms with E-state index in [-0.39, 0.29) is 0 Å². The zero-order chi connectivity index (χ0) is 14.5. The second-order valence-corrected chi connectivity index (χ2v) is 4.49. The van der Waals surface area contributed by atoms with Crippen molar-refractivity contribution in [1.29, 1.82) is 0 Å². The summed E-state index contributed by atoms with van der Waals surface area (Å²) in [5.41, 5.74) is 1.94. The SMILES string of the molecule is CC(C)c1ccc(C=CC(=O)NCC(F)(F)F)cc1. The van der Waals surface area contributed by atoms with Crippen molar-refractivity contribution in [1.82, 2.24) is 5.32 Å². The van der Waals surface area contributed by atoms with Crippen molar-refractivity contribution in [2.45, 2.75) is 25.9 Å². The molecule has 0 heterocycles. The highest BCUT2D eigenvalue weighted by atomic mass is 19.4. The van der Waals surface area contributed by atoms with Crippen LogP contribution in [0.4, 0.5) is 13.2 Å². The number of carbonyl (C=O) groups is 1. The van der Waals surface area contributed by atoms with E-state index in [0.717, 1.165) is 11.6 Å². The highest BCUT2D eigenvalue weighted by Crippen LogP contribution is 2.15. The fourth-order valence-corrected chi connectivity index (χ4v) is 1.41. The first kappa shape index (κ1) is 15.3. The van der Waals surface area contributed by atoms with E-state index in [2.05, 4.69) is 13.8 Å². The molecule has 0 aliphatic heterocycles. The predicted octanol–water partition coefficient (Wildman–Crippen LogP) is 3.50. The van der Waals surface area contributed by atoms with Crippen molar-refractivity contribution >= 4 is 12.0 Å². The first-order chi connectivity index (χ1) is 8.78. The summed E-state index contributed by atoms with van der Waals surface area (Å²) in [6.45, 7) is 2.81. The molecule has 1 aromatic rings. The zero-order valence-corrected chi connectivity index (χ0v) is 10.8. The molecule has 0 fully saturated rings. The van der Waals surface area contributed by atoms with Gasteiger partial charge >= 0.3 is 6.18 Å². The molecule has 0 radical (unpaired) electrons. The van der Waals surface area contributed by atoms with Gasteiger partial charge in [-0.1, -0.05) is 38.1 Å². The van der Waals surface area contributed by atoms with Crippen molar-refractivity contribution in [3.05, 3.63) is 41.5 Å². The van der Waals surface area contributed by atoms with Gasteiger partial charge < -0.3 is 5.32 Å². The lowest BCUT2D eigenvalue weighted by Gasteiger charge is -2.06. The first-order valence-corrected chi connectivity index (χ1v) is 5.90. The minimum Gasteiger partial charge on any atom is -0.343 e. The largest absolute Gasteiger partial charge is 0.405 e. The number of alkyl halides is 3. The number of carbonyl (C=O) groups excluding carboxylic acids is 1. The van der Waals surface area contributed by atoms with E-state index in [1.54, 1.807) is 5.32 Å². The number of hydrogen-bond acceptors (Lipinski definition) is 1. The molecule has 1 rings (SSSR count). The average Bonchev–Trinajstić information content (AvgIpc) is 2.33. The van der Waals surface area contributed by atoms with Crippen molar-refractivity contribution in [3.63, 3.8) is 0 Å². The molecule has 0 saturated heterocycles. The van der Waals surface area contributed by atoms with E-state index in [9.17, 15) is 18.0 Å². The molecule has 0 spiro atoms. The Bertz CT molecular complexity index is 447. The van der Waals surface area contributed by atoms with Crippen LogP contribution >= 0.6 is 0 Å². The Kier molecular flexibility index (Phi) is 5.15. The fourth-order valence-electron chi connectivity index (χ4n) is 1.41. The van der Waals surface area contributed by atoms with Gasteiger partial charge in [0.1, 0.15) is 6.54 Å². The average molecular weight is 271 g/mol. The lowest BCUT2D eigenvalue weighted by Crippen LogP contribution is -2.32. The molecular weight excluding hydrogens is 255 g/mol. The van der Waals surface area contributed by atoms with Gasteiger partial charge in [-0.25, -0.2) is 0 Å². The molecule has 1 N–H and O–H groups in total. The number of amides is 1. The van der Waals surface area contributed by atoms with Gasteiger partial charge in [0.05, 0.1) is 0 Å². The molecule has 5 heteroatoms. The number of benzene rings is 1. The molecule has 2 nitrogen and oxygen atoms in total. The van der Waals surface area contributed by atoms with E-state index in [4.69, 9.17) is 0 Å². The Balaban J connectivity index is 2.54. The summed E-state index contributed by atoms with van der Waals surface area (Å²) in [6, 6.07) is 7.50. The molecule has 1 amide bonds. The van der Waals surface area contributed by atoms with Crippen molar-refractivity contribution in [2.24, 2.45) is 0 Å². The van der Waals surface area contributed by atoms with E-state index in [1.807, 2.05) is 24.3 Å². The molecule has 0 unspecified atom stereocenters. The number of rotatable bonds is 4. The zero-order valence-electron chi connectivity index (χ0n) is 10.8. The van der Waals surface area contributed by atoms with Crippen LogP contribution in [-0.2, 0) is 4.79 Å². The Labute approximate surface area is 110 Å². The van der Waals surface area contributed by atoms with Crippen LogP contribution in [0.15, 0.2) is 30.3 Å². The fraction of sp³-hybridized carbons (Fsp3) is 0.357. The summed E-state index contributed by atoms with van der Waals surface area (Å²) >= 11 is 0. The molecule has 1 aromatic carbocycles. The van der Waals surface area contributed by atoms with Crippen LogP contribution in [0.1, 0.15) is 30.9 Å². The Morgan fingerprint density at radius 2 is 1.84 bits per heavy atom. The molecule has 104 valence electrons. The number of halogens is 3. The molecule has 19 heavy (non-hydrogen) atoms. The maximum atomic E-state index is 11.9. The van der Waals surface area contributed by atoms with Crippen molar-refractivity contribution in [3.8, 4) is 0 Å². The summed E-state index contributed by atoms with van der Waals surface area (Å²) in [5, 5.41) is 1.77. The minimum absolute atomic E-state index is 0.410. The van der Waals surface area contributed by atoms with Gasteiger partial charge in [-0.3, -0.25) is 4.79 Å². The third-order valence-electron chi connectivity index (χ3n) is 2.49. The van der Waals surface area contributed by atoms with Crippen LogP contribution < -0.4 is 5.32 Å². The number of hydrogen-bond donors (Lipinski definition) is 1. The molecule has 0 bridgehead atoms. The maximum absolute atomic E-state index is 11.9. The smallest absolute Gasteiger partial charge is 0.343 e. The first-order valence-electron chi connectivity index (χ1n) is 5.90. The van der Waals surface area contributed by atoms with Crippen LogP contribution in [-0.4, -0.2) is 18.6 Å². The summed E-state index contributed by atoms with van der Waals surface area (Å²) in [4.78, 5) is 11.1. The second-order valence-electron chi connectivity index (χ2n) is 4.49. The minimum atomic E-state index is -4.39. The molecule has 0 aliphatic rings. The Morgan fingerprint density at radius 3 is 2.32 bits per heavy atom. The maximum Gasteiger partial charge on any atom is 0.405 e. The third kappa shape index (κ3) is 6.08.